The highest BCUT2D eigenvalue weighted by molar-refractivity contribution is 5.94. The second-order valence-corrected chi connectivity index (χ2v) is 5.13. The maximum Gasteiger partial charge on any atom is 0.341 e. The van der Waals surface area contributed by atoms with Gasteiger partial charge in [-0.05, 0) is 37.5 Å². The zero-order chi connectivity index (χ0) is 15.7. The maximum absolute atomic E-state index is 13.6. The number of nitrogens with one attached hydrogen (secondary N) is 1. The molecule has 0 atom stereocenters. The number of aromatic carboxylic acids is 1. The molecule has 0 aliphatic rings. The molecule has 0 radical (unpaired) electrons. The Balaban J connectivity index is 2.27. The van der Waals surface area contributed by atoms with Crippen LogP contribution in [-0.2, 0) is 13.6 Å². The largest absolute Gasteiger partial charge is 0.477 e. The average Bonchev–Trinajstić information content (AvgIpc) is 2.67. The van der Waals surface area contributed by atoms with E-state index in [9.17, 15) is 14.3 Å². The van der Waals surface area contributed by atoms with Crippen LogP contribution in [0.1, 0.15) is 32.7 Å². The predicted octanol–water partition coefficient (Wildman–Crippen LogP) is 2.79. The molecule has 1 aromatic carbocycles. The Bertz CT molecular complexity index is 684. The van der Waals surface area contributed by atoms with E-state index in [0.29, 0.717) is 29.2 Å². The van der Waals surface area contributed by atoms with E-state index in [1.807, 2.05) is 0 Å². The van der Waals surface area contributed by atoms with Crippen LogP contribution in [0, 0.1) is 26.6 Å². The van der Waals surface area contributed by atoms with Crippen LogP contribution in [0.25, 0.3) is 0 Å². The van der Waals surface area contributed by atoms with Crippen molar-refractivity contribution in [3.63, 3.8) is 0 Å². The van der Waals surface area contributed by atoms with Crippen LogP contribution >= 0.6 is 0 Å². The predicted molar refractivity (Wildman–Crippen MR) is 78.1 cm³/mol. The van der Waals surface area contributed by atoms with Crippen molar-refractivity contribution < 1.29 is 14.3 Å². The van der Waals surface area contributed by atoms with Gasteiger partial charge in [-0.3, -0.25) is 4.68 Å². The standard InChI is InChI=1S/C15H18FN3O2/c1-8-5-11(6-9(2)13(8)16)7-17-14-12(15(20)21)10(3)18-19(14)4/h5-6,17H,7H2,1-4H3,(H,20,21). The minimum absolute atomic E-state index is 0.160. The Kier molecular flexibility index (Phi) is 3.97. The molecule has 6 heteroatoms. The number of aromatic nitrogens is 2. The van der Waals surface area contributed by atoms with Crippen LogP contribution in [0.4, 0.5) is 10.2 Å². The Labute approximate surface area is 122 Å². The minimum atomic E-state index is -1.02. The zero-order valence-electron chi connectivity index (χ0n) is 12.5. The van der Waals surface area contributed by atoms with Crippen molar-refractivity contribution in [2.75, 3.05) is 5.32 Å². The molecule has 0 bridgehead atoms. The Morgan fingerprint density at radius 2 is 1.90 bits per heavy atom. The van der Waals surface area contributed by atoms with Gasteiger partial charge in [-0.15, -0.1) is 0 Å². The number of hydrogen-bond acceptors (Lipinski definition) is 3. The minimum Gasteiger partial charge on any atom is -0.477 e. The summed E-state index contributed by atoms with van der Waals surface area (Å²) in [4.78, 5) is 11.3. The van der Waals surface area contributed by atoms with Gasteiger partial charge in [0.25, 0.3) is 0 Å². The molecule has 0 aliphatic carbocycles. The van der Waals surface area contributed by atoms with Gasteiger partial charge in [-0.1, -0.05) is 12.1 Å². The number of nitrogens with zero attached hydrogens (tertiary/aromatic N) is 2. The van der Waals surface area contributed by atoms with Crippen molar-refractivity contribution in [3.05, 3.63) is 45.9 Å². The fourth-order valence-corrected chi connectivity index (χ4v) is 2.44. The lowest BCUT2D eigenvalue weighted by atomic mass is 10.1. The van der Waals surface area contributed by atoms with Crippen LogP contribution in [0.5, 0.6) is 0 Å². The van der Waals surface area contributed by atoms with Crippen molar-refractivity contribution in [1.29, 1.82) is 0 Å². The fourth-order valence-electron chi connectivity index (χ4n) is 2.44. The van der Waals surface area contributed by atoms with E-state index in [-0.39, 0.29) is 11.4 Å². The summed E-state index contributed by atoms with van der Waals surface area (Å²) in [6.45, 7) is 5.48. The maximum atomic E-state index is 13.6. The number of halogens is 1. The van der Waals surface area contributed by atoms with Gasteiger partial charge in [0.2, 0.25) is 0 Å². The first-order valence-corrected chi connectivity index (χ1v) is 6.57. The first-order chi connectivity index (χ1) is 9.81. The molecule has 1 heterocycles. The molecule has 0 saturated heterocycles. The molecule has 0 amide bonds. The number of benzene rings is 1. The van der Waals surface area contributed by atoms with Gasteiger partial charge >= 0.3 is 5.97 Å². The summed E-state index contributed by atoms with van der Waals surface area (Å²) in [6.07, 6.45) is 0. The normalized spacial score (nSPS) is 10.7. The number of rotatable bonds is 4. The van der Waals surface area contributed by atoms with Crippen molar-refractivity contribution in [3.8, 4) is 0 Å². The second kappa shape index (κ2) is 5.55. The van der Waals surface area contributed by atoms with E-state index in [2.05, 4.69) is 10.4 Å². The average molecular weight is 291 g/mol. The molecule has 5 nitrogen and oxygen atoms in total. The van der Waals surface area contributed by atoms with Crippen LogP contribution in [0.2, 0.25) is 0 Å². The summed E-state index contributed by atoms with van der Waals surface area (Å²) in [6, 6.07) is 3.50. The molecule has 2 aromatic rings. The molecule has 1 aromatic heterocycles. The lowest BCUT2D eigenvalue weighted by molar-refractivity contribution is 0.0697. The molecule has 21 heavy (non-hydrogen) atoms. The van der Waals surface area contributed by atoms with Crippen LogP contribution in [0.3, 0.4) is 0 Å². The molecule has 0 aliphatic heterocycles. The van der Waals surface area contributed by atoms with Gasteiger partial charge in [0.15, 0.2) is 0 Å². The van der Waals surface area contributed by atoms with Crippen molar-refractivity contribution in [2.24, 2.45) is 7.05 Å². The second-order valence-electron chi connectivity index (χ2n) is 5.13. The van der Waals surface area contributed by atoms with Crippen LogP contribution in [-0.4, -0.2) is 20.9 Å². The summed E-state index contributed by atoms with van der Waals surface area (Å²) in [7, 11) is 1.68. The van der Waals surface area contributed by atoms with E-state index in [1.54, 1.807) is 40.0 Å². The third-order valence-corrected chi connectivity index (χ3v) is 3.39. The van der Waals surface area contributed by atoms with Gasteiger partial charge in [0.1, 0.15) is 17.2 Å². The van der Waals surface area contributed by atoms with E-state index in [4.69, 9.17) is 0 Å². The number of anilines is 1. The molecule has 2 N–H and O–H groups in total. The summed E-state index contributed by atoms with van der Waals surface area (Å²) < 4.78 is 15.1. The van der Waals surface area contributed by atoms with Crippen LogP contribution in [0.15, 0.2) is 12.1 Å². The molecule has 0 unspecified atom stereocenters. The fraction of sp³-hybridized carbons (Fsp3) is 0.333. The molecule has 2 rings (SSSR count). The number of carboxylic acids is 1. The first kappa shape index (κ1) is 15.0. The smallest absolute Gasteiger partial charge is 0.341 e. The van der Waals surface area contributed by atoms with E-state index < -0.39 is 5.97 Å². The van der Waals surface area contributed by atoms with E-state index in [1.165, 1.54) is 4.68 Å². The molecule has 0 spiro atoms. The Morgan fingerprint density at radius 1 is 1.33 bits per heavy atom. The highest BCUT2D eigenvalue weighted by Crippen LogP contribution is 2.21. The summed E-state index contributed by atoms with van der Waals surface area (Å²) in [5.74, 6) is -0.782. The first-order valence-electron chi connectivity index (χ1n) is 6.57. The summed E-state index contributed by atoms with van der Waals surface area (Å²) >= 11 is 0. The molecular formula is C15H18FN3O2. The topological polar surface area (TPSA) is 67.2 Å². The van der Waals surface area contributed by atoms with Crippen molar-refractivity contribution in [2.45, 2.75) is 27.3 Å². The quantitative estimate of drug-likeness (QED) is 0.909. The third kappa shape index (κ3) is 2.89. The highest BCUT2D eigenvalue weighted by atomic mass is 19.1. The SMILES string of the molecule is Cc1cc(CNc2c(C(=O)O)c(C)nn2C)cc(C)c1F. The van der Waals surface area contributed by atoms with Gasteiger partial charge in [-0.25, -0.2) is 9.18 Å². The number of carbonyl (C=O) groups is 1. The lowest BCUT2D eigenvalue weighted by Crippen LogP contribution is -2.09. The van der Waals surface area contributed by atoms with Crippen LogP contribution < -0.4 is 5.32 Å². The monoisotopic (exact) mass is 291 g/mol. The number of carboxylic acid groups (broad SMARTS) is 1. The molecular weight excluding hydrogens is 273 g/mol. The van der Waals surface area contributed by atoms with Crippen molar-refractivity contribution in [1.82, 2.24) is 9.78 Å². The Hall–Kier alpha value is -2.37. The van der Waals surface area contributed by atoms with Crippen molar-refractivity contribution >= 4 is 11.8 Å². The summed E-state index contributed by atoms with van der Waals surface area (Å²) in [5.41, 5.74) is 2.66. The summed E-state index contributed by atoms with van der Waals surface area (Å²) in [5, 5.41) is 16.4. The number of aryl methyl sites for hydroxylation is 4. The van der Waals surface area contributed by atoms with Gasteiger partial charge < -0.3 is 10.4 Å². The lowest BCUT2D eigenvalue weighted by Gasteiger charge is -2.10. The van der Waals surface area contributed by atoms with Gasteiger partial charge in [0.05, 0.1) is 5.69 Å². The number of hydrogen-bond donors (Lipinski definition) is 2. The van der Waals surface area contributed by atoms with Gasteiger partial charge in [-0.2, -0.15) is 5.10 Å². The van der Waals surface area contributed by atoms with E-state index in [0.717, 1.165) is 5.56 Å². The highest BCUT2D eigenvalue weighted by Gasteiger charge is 2.19. The van der Waals surface area contributed by atoms with Gasteiger partial charge in [0, 0.05) is 13.6 Å². The third-order valence-electron chi connectivity index (χ3n) is 3.39. The van der Waals surface area contributed by atoms with E-state index >= 15 is 0 Å². The Morgan fingerprint density at radius 3 is 2.43 bits per heavy atom. The zero-order valence-corrected chi connectivity index (χ0v) is 12.5. The molecule has 0 fully saturated rings. The molecule has 0 saturated carbocycles. The molecule has 112 valence electrons.